The van der Waals surface area contributed by atoms with E-state index >= 15 is 0 Å². The van der Waals surface area contributed by atoms with Gasteiger partial charge in [-0.25, -0.2) is 9.37 Å². The van der Waals surface area contributed by atoms with Gasteiger partial charge in [-0.1, -0.05) is 6.07 Å². The quantitative estimate of drug-likeness (QED) is 0.603. The SMILES string of the molecule is Cn1c2ccncc2c2ccc(Nc3cccc(OCCF)n3)nc21. The number of nitrogens with zero attached hydrogens (tertiary/aromatic N) is 4. The van der Waals surface area contributed by atoms with E-state index in [1.165, 1.54) is 0 Å². The topological polar surface area (TPSA) is 64.9 Å². The van der Waals surface area contributed by atoms with Crippen LogP contribution in [0.5, 0.6) is 5.88 Å². The van der Waals surface area contributed by atoms with Crippen LogP contribution in [0.25, 0.3) is 21.9 Å². The van der Waals surface area contributed by atoms with Crippen molar-refractivity contribution in [2.24, 2.45) is 7.05 Å². The van der Waals surface area contributed by atoms with E-state index < -0.39 is 6.67 Å². The predicted molar refractivity (Wildman–Crippen MR) is 95.0 cm³/mol. The summed E-state index contributed by atoms with van der Waals surface area (Å²) in [4.78, 5) is 13.2. The van der Waals surface area contributed by atoms with E-state index in [4.69, 9.17) is 4.74 Å². The smallest absolute Gasteiger partial charge is 0.215 e. The fourth-order valence-electron chi connectivity index (χ4n) is 2.82. The van der Waals surface area contributed by atoms with Crippen LogP contribution in [0, 0.1) is 0 Å². The molecule has 126 valence electrons. The average Bonchev–Trinajstić information content (AvgIpc) is 2.93. The zero-order chi connectivity index (χ0) is 17.2. The van der Waals surface area contributed by atoms with Crippen LogP contribution in [0.3, 0.4) is 0 Å². The van der Waals surface area contributed by atoms with Crippen LogP contribution in [0.15, 0.2) is 48.8 Å². The molecule has 0 aliphatic heterocycles. The van der Waals surface area contributed by atoms with E-state index in [1.807, 2.05) is 36.0 Å². The molecule has 1 N–H and O–H groups in total. The van der Waals surface area contributed by atoms with Gasteiger partial charge in [-0.2, -0.15) is 4.98 Å². The molecule has 0 aliphatic rings. The highest BCUT2D eigenvalue weighted by molar-refractivity contribution is 6.06. The minimum absolute atomic E-state index is 0.00929. The van der Waals surface area contributed by atoms with Gasteiger partial charge in [-0.05, 0) is 24.3 Å². The molecule has 0 amide bonds. The maximum absolute atomic E-state index is 12.2. The molecule has 25 heavy (non-hydrogen) atoms. The zero-order valence-corrected chi connectivity index (χ0v) is 13.6. The molecule has 0 atom stereocenters. The number of aryl methyl sites for hydroxylation is 1. The van der Waals surface area contributed by atoms with E-state index in [0.29, 0.717) is 17.5 Å². The Morgan fingerprint density at radius 1 is 1.08 bits per heavy atom. The highest BCUT2D eigenvalue weighted by Gasteiger charge is 2.10. The summed E-state index contributed by atoms with van der Waals surface area (Å²) in [7, 11) is 1.98. The highest BCUT2D eigenvalue weighted by atomic mass is 19.1. The lowest BCUT2D eigenvalue weighted by Crippen LogP contribution is -2.02. The van der Waals surface area contributed by atoms with Gasteiger partial charge >= 0.3 is 0 Å². The van der Waals surface area contributed by atoms with Crippen LogP contribution in [0.1, 0.15) is 0 Å². The van der Waals surface area contributed by atoms with Crippen LogP contribution < -0.4 is 10.1 Å². The first-order valence-corrected chi connectivity index (χ1v) is 7.88. The summed E-state index contributed by atoms with van der Waals surface area (Å²) in [5, 5.41) is 5.27. The third-order valence-corrected chi connectivity index (χ3v) is 3.95. The Bertz CT molecular complexity index is 1050. The molecular weight excluding hydrogens is 321 g/mol. The molecule has 7 heteroatoms. The highest BCUT2D eigenvalue weighted by Crippen LogP contribution is 2.27. The van der Waals surface area contributed by atoms with Gasteiger partial charge in [0.1, 0.15) is 30.6 Å². The van der Waals surface area contributed by atoms with Crippen molar-refractivity contribution in [3.05, 3.63) is 48.8 Å². The number of aromatic nitrogens is 4. The first-order valence-electron chi connectivity index (χ1n) is 7.88. The second kappa shape index (κ2) is 6.35. The Balaban J connectivity index is 1.68. The summed E-state index contributed by atoms with van der Waals surface area (Å²) in [6.07, 6.45) is 3.62. The molecule has 4 rings (SSSR count). The first kappa shape index (κ1) is 15.3. The lowest BCUT2D eigenvalue weighted by atomic mass is 10.2. The average molecular weight is 337 g/mol. The molecular formula is C18H16FN5O. The van der Waals surface area contributed by atoms with Crippen LogP contribution in [0.4, 0.5) is 16.0 Å². The molecule has 6 nitrogen and oxygen atoms in total. The number of hydrogen-bond acceptors (Lipinski definition) is 5. The van der Waals surface area contributed by atoms with E-state index in [0.717, 1.165) is 21.9 Å². The van der Waals surface area contributed by atoms with Crippen molar-refractivity contribution in [3.8, 4) is 5.88 Å². The minimum atomic E-state index is -0.548. The van der Waals surface area contributed by atoms with Gasteiger partial charge < -0.3 is 14.6 Å². The lowest BCUT2D eigenvalue weighted by Gasteiger charge is -2.08. The number of halogens is 1. The lowest BCUT2D eigenvalue weighted by molar-refractivity contribution is 0.265. The fourth-order valence-corrected chi connectivity index (χ4v) is 2.82. The van der Waals surface area contributed by atoms with Gasteiger partial charge in [0.05, 0.1) is 5.52 Å². The molecule has 0 aromatic carbocycles. The standard InChI is InChI=1S/C18H16FN5O/c1-24-14-7-9-20-11-13(14)12-5-6-16(23-18(12)24)21-15-3-2-4-17(22-15)25-10-8-19/h2-7,9,11H,8,10H2,1H3,(H,21,22,23). The number of nitrogens with one attached hydrogen (secondary N) is 1. The van der Waals surface area contributed by atoms with E-state index in [9.17, 15) is 4.39 Å². The van der Waals surface area contributed by atoms with Gasteiger partial charge in [0.15, 0.2) is 0 Å². The second-order valence-corrected chi connectivity index (χ2v) is 5.54. The molecule has 0 unspecified atom stereocenters. The van der Waals surface area contributed by atoms with Crippen molar-refractivity contribution in [2.75, 3.05) is 18.6 Å². The number of fused-ring (bicyclic) bond motifs is 3. The van der Waals surface area contributed by atoms with Crippen molar-refractivity contribution in [3.63, 3.8) is 0 Å². The molecule has 0 saturated carbocycles. The summed E-state index contributed by atoms with van der Waals surface area (Å²) in [5.41, 5.74) is 1.94. The maximum Gasteiger partial charge on any atom is 0.215 e. The van der Waals surface area contributed by atoms with Crippen molar-refractivity contribution >= 4 is 33.6 Å². The number of anilines is 2. The van der Waals surface area contributed by atoms with E-state index in [-0.39, 0.29) is 6.61 Å². The van der Waals surface area contributed by atoms with Crippen molar-refractivity contribution < 1.29 is 9.13 Å². The minimum Gasteiger partial charge on any atom is -0.475 e. The number of pyridine rings is 3. The Kier molecular flexibility index (Phi) is 3.89. The molecule has 0 bridgehead atoms. The summed E-state index contributed by atoms with van der Waals surface area (Å²) < 4.78 is 19.5. The third kappa shape index (κ3) is 2.84. The summed E-state index contributed by atoms with van der Waals surface area (Å²) >= 11 is 0. The molecule has 4 aromatic heterocycles. The molecule has 4 aromatic rings. The Morgan fingerprint density at radius 3 is 2.84 bits per heavy atom. The van der Waals surface area contributed by atoms with Crippen molar-refractivity contribution in [1.29, 1.82) is 0 Å². The molecule has 0 saturated heterocycles. The summed E-state index contributed by atoms with van der Waals surface area (Å²) in [6, 6.07) is 11.2. The Hall–Kier alpha value is -3.22. The fraction of sp³-hybridized carbons (Fsp3) is 0.167. The van der Waals surface area contributed by atoms with Gasteiger partial charge in [0.2, 0.25) is 5.88 Å². The number of alkyl halides is 1. The Morgan fingerprint density at radius 2 is 1.96 bits per heavy atom. The van der Waals surface area contributed by atoms with Crippen LogP contribution in [-0.4, -0.2) is 32.8 Å². The van der Waals surface area contributed by atoms with Gasteiger partial charge in [0.25, 0.3) is 0 Å². The largest absolute Gasteiger partial charge is 0.475 e. The van der Waals surface area contributed by atoms with Crippen LogP contribution in [-0.2, 0) is 7.05 Å². The first-order chi connectivity index (χ1) is 12.3. The van der Waals surface area contributed by atoms with Gasteiger partial charge in [-0.15, -0.1) is 0 Å². The molecule has 0 spiro atoms. The monoisotopic (exact) mass is 337 g/mol. The van der Waals surface area contributed by atoms with Crippen LogP contribution in [0.2, 0.25) is 0 Å². The van der Waals surface area contributed by atoms with E-state index in [2.05, 4.69) is 20.3 Å². The molecule has 0 aliphatic carbocycles. The summed E-state index contributed by atoms with van der Waals surface area (Å²) in [5.74, 6) is 1.63. The number of ether oxygens (including phenoxy) is 1. The van der Waals surface area contributed by atoms with E-state index in [1.54, 1.807) is 24.4 Å². The third-order valence-electron chi connectivity index (χ3n) is 3.95. The second-order valence-electron chi connectivity index (χ2n) is 5.54. The normalized spacial score (nSPS) is 11.1. The molecule has 0 fully saturated rings. The van der Waals surface area contributed by atoms with Crippen molar-refractivity contribution in [1.82, 2.24) is 19.5 Å². The number of hydrogen-bond donors (Lipinski definition) is 1. The predicted octanol–water partition coefficient (Wildman–Crippen LogP) is 3.61. The zero-order valence-electron chi connectivity index (χ0n) is 13.6. The summed E-state index contributed by atoms with van der Waals surface area (Å²) in [6.45, 7) is -0.557. The number of rotatable bonds is 5. The Labute approximate surface area is 143 Å². The van der Waals surface area contributed by atoms with Crippen molar-refractivity contribution in [2.45, 2.75) is 0 Å². The molecule has 0 radical (unpaired) electrons. The van der Waals surface area contributed by atoms with Crippen LogP contribution >= 0.6 is 0 Å². The molecule has 4 heterocycles. The maximum atomic E-state index is 12.2. The van der Waals surface area contributed by atoms with Gasteiger partial charge in [0, 0.05) is 36.3 Å². The van der Waals surface area contributed by atoms with Gasteiger partial charge in [-0.3, -0.25) is 4.98 Å².